The van der Waals surface area contributed by atoms with Crippen molar-refractivity contribution >= 4 is 24.2 Å². The van der Waals surface area contributed by atoms with E-state index in [1.807, 2.05) is 0 Å². The van der Waals surface area contributed by atoms with Gasteiger partial charge >= 0.3 is 7.12 Å². The first-order valence-corrected chi connectivity index (χ1v) is 5.58. The molecule has 0 fully saturated rings. The zero-order chi connectivity index (χ0) is 14.8. The fourth-order valence-corrected chi connectivity index (χ4v) is 1.43. The Hall–Kier alpha value is -1.93. The van der Waals surface area contributed by atoms with Crippen LogP contribution in [0.5, 0.6) is 0 Å². The number of amides is 1. The molecule has 0 saturated heterocycles. The van der Waals surface area contributed by atoms with E-state index >= 15 is 0 Å². The Morgan fingerprint density at radius 2 is 1.89 bits per heavy atom. The smallest absolute Gasteiger partial charge is 0.423 e. The quantitative estimate of drug-likeness (QED) is 0.398. The third-order valence-corrected chi connectivity index (χ3v) is 2.20. The highest BCUT2D eigenvalue weighted by Gasteiger charge is 2.22. The summed E-state index contributed by atoms with van der Waals surface area (Å²) in [6, 6.07) is 3.31. The molecule has 0 aromatic heterocycles. The molecule has 0 bridgehead atoms. The van der Waals surface area contributed by atoms with Gasteiger partial charge in [-0.1, -0.05) is 0 Å². The van der Waals surface area contributed by atoms with Crippen LogP contribution in [0.15, 0.2) is 18.2 Å². The van der Waals surface area contributed by atoms with Crippen molar-refractivity contribution in [3.63, 3.8) is 0 Å². The zero-order valence-corrected chi connectivity index (χ0v) is 10.9. The normalized spacial score (nSPS) is 11.0. The summed E-state index contributed by atoms with van der Waals surface area (Å²) in [7, 11) is -1.87. The minimum atomic E-state index is -1.87. The maximum Gasteiger partial charge on any atom is 0.488 e. The van der Waals surface area contributed by atoms with Crippen LogP contribution in [0.2, 0.25) is 0 Å². The summed E-state index contributed by atoms with van der Waals surface area (Å²) in [6.07, 6.45) is 0. The maximum atomic E-state index is 11.9. The maximum absolute atomic E-state index is 11.9. The van der Waals surface area contributed by atoms with E-state index in [1.165, 1.54) is 6.07 Å². The van der Waals surface area contributed by atoms with Crippen LogP contribution in [0.4, 0.5) is 5.69 Å². The predicted molar refractivity (Wildman–Crippen MR) is 70.1 cm³/mol. The van der Waals surface area contributed by atoms with Gasteiger partial charge in [0.25, 0.3) is 11.6 Å². The van der Waals surface area contributed by atoms with Crippen molar-refractivity contribution in [2.75, 3.05) is 0 Å². The molecule has 0 radical (unpaired) electrons. The van der Waals surface area contributed by atoms with Gasteiger partial charge in [-0.05, 0) is 32.3 Å². The average molecular weight is 266 g/mol. The summed E-state index contributed by atoms with van der Waals surface area (Å²) in [6.45, 7) is 5.30. The van der Waals surface area contributed by atoms with Crippen LogP contribution in [0, 0.1) is 10.1 Å². The van der Waals surface area contributed by atoms with E-state index in [1.54, 1.807) is 20.8 Å². The Morgan fingerprint density at radius 1 is 1.32 bits per heavy atom. The molecular formula is C11H15BN2O5. The summed E-state index contributed by atoms with van der Waals surface area (Å²) in [5.41, 5.74) is -0.968. The number of nitro groups is 1. The molecule has 0 saturated carbocycles. The van der Waals surface area contributed by atoms with Crippen molar-refractivity contribution < 1.29 is 19.8 Å². The minimum absolute atomic E-state index is 0.00669. The number of nitrogens with zero attached hydrogens (tertiary/aromatic N) is 1. The standard InChI is InChI=1S/C11H15BN2O5/c1-11(2,3)13-10(15)7-4-8(12(16)17)6-9(5-7)14(18)19/h4-6,16-17H,1-3H3,(H,13,15). The van der Waals surface area contributed by atoms with Crippen LogP contribution in [0.1, 0.15) is 31.1 Å². The van der Waals surface area contributed by atoms with Gasteiger partial charge in [0.2, 0.25) is 0 Å². The van der Waals surface area contributed by atoms with E-state index in [0.717, 1.165) is 12.1 Å². The van der Waals surface area contributed by atoms with Gasteiger partial charge in [0, 0.05) is 23.2 Å². The van der Waals surface area contributed by atoms with Crippen molar-refractivity contribution in [1.82, 2.24) is 5.32 Å². The second kappa shape index (κ2) is 5.37. The Labute approximate surface area is 110 Å². The largest absolute Gasteiger partial charge is 0.488 e. The number of carbonyl (C=O) groups excluding carboxylic acids is 1. The Balaban J connectivity index is 3.20. The molecule has 0 aliphatic carbocycles. The van der Waals surface area contributed by atoms with E-state index in [2.05, 4.69) is 5.32 Å². The topological polar surface area (TPSA) is 113 Å². The predicted octanol–water partition coefficient (Wildman–Crippen LogP) is -0.197. The molecule has 0 aliphatic rings. The van der Waals surface area contributed by atoms with Gasteiger partial charge in [-0.2, -0.15) is 0 Å². The number of nitrogens with one attached hydrogen (secondary N) is 1. The lowest BCUT2D eigenvalue weighted by Crippen LogP contribution is -2.41. The monoisotopic (exact) mass is 266 g/mol. The molecule has 0 heterocycles. The number of rotatable bonds is 3. The van der Waals surface area contributed by atoms with Gasteiger partial charge in [0.1, 0.15) is 0 Å². The molecule has 3 N–H and O–H groups in total. The van der Waals surface area contributed by atoms with Crippen LogP contribution in [0.25, 0.3) is 0 Å². The first-order valence-electron chi connectivity index (χ1n) is 5.58. The number of non-ortho nitro benzene ring substituents is 1. The van der Waals surface area contributed by atoms with Gasteiger partial charge in [0.05, 0.1) is 4.92 Å². The van der Waals surface area contributed by atoms with Gasteiger partial charge in [-0.15, -0.1) is 0 Å². The molecule has 102 valence electrons. The lowest BCUT2D eigenvalue weighted by molar-refractivity contribution is -0.384. The van der Waals surface area contributed by atoms with Crippen molar-refractivity contribution in [1.29, 1.82) is 0 Å². The van der Waals surface area contributed by atoms with E-state index in [-0.39, 0.29) is 16.7 Å². The molecule has 7 nitrogen and oxygen atoms in total. The van der Waals surface area contributed by atoms with E-state index < -0.39 is 23.5 Å². The van der Waals surface area contributed by atoms with E-state index in [9.17, 15) is 14.9 Å². The fourth-order valence-electron chi connectivity index (χ4n) is 1.43. The number of nitro benzene ring substituents is 1. The molecular weight excluding hydrogens is 251 g/mol. The molecule has 0 spiro atoms. The van der Waals surface area contributed by atoms with Crippen molar-refractivity contribution in [3.05, 3.63) is 33.9 Å². The molecule has 1 amide bonds. The summed E-state index contributed by atoms with van der Waals surface area (Å²) >= 11 is 0. The van der Waals surface area contributed by atoms with Crippen LogP contribution < -0.4 is 10.8 Å². The molecule has 8 heteroatoms. The highest BCUT2D eigenvalue weighted by atomic mass is 16.6. The third-order valence-electron chi connectivity index (χ3n) is 2.20. The highest BCUT2D eigenvalue weighted by Crippen LogP contribution is 2.13. The highest BCUT2D eigenvalue weighted by molar-refractivity contribution is 6.58. The SMILES string of the molecule is CC(C)(C)NC(=O)c1cc(B(O)O)cc([N+](=O)[O-])c1. The van der Waals surface area contributed by atoms with Crippen LogP contribution in [-0.2, 0) is 0 Å². The molecule has 0 atom stereocenters. The third kappa shape index (κ3) is 4.34. The first kappa shape index (κ1) is 15.1. The Bertz CT molecular complexity index is 510. The Kier molecular flexibility index (Phi) is 4.28. The van der Waals surface area contributed by atoms with E-state index in [4.69, 9.17) is 10.0 Å². The summed E-state index contributed by atoms with van der Waals surface area (Å²) in [5, 5.41) is 31.5. The zero-order valence-electron chi connectivity index (χ0n) is 10.9. The summed E-state index contributed by atoms with van der Waals surface area (Å²) in [4.78, 5) is 22.0. The number of hydrogen-bond acceptors (Lipinski definition) is 5. The van der Waals surface area contributed by atoms with E-state index in [0.29, 0.717) is 0 Å². The molecule has 1 aromatic rings. The number of hydrogen-bond donors (Lipinski definition) is 3. The summed E-state index contributed by atoms with van der Waals surface area (Å²) in [5.74, 6) is -0.516. The minimum Gasteiger partial charge on any atom is -0.423 e. The number of benzene rings is 1. The average Bonchev–Trinajstić information content (AvgIpc) is 2.25. The van der Waals surface area contributed by atoms with Gasteiger partial charge in [0.15, 0.2) is 0 Å². The fraction of sp³-hybridized carbons (Fsp3) is 0.364. The first-order chi connectivity index (χ1) is 8.60. The van der Waals surface area contributed by atoms with Gasteiger partial charge in [-0.25, -0.2) is 0 Å². The lowest BCUT2D eigenvalue weighted by atomic mass is 9.79. The van der Waals surface area contributed by atoms with Crippen LogP contribution >= 0.6 is 0 Å². The van der Waals surface area contributed by atoms with Crippen molar-refractivity contribution in [2.45, 2.75) is 26.3 Å². The Morgan fingerprint density at radius 3 is 2.32 bits per heavy atom. The second-order valence-electron chi connectivity index (χ2n) is 5.15. The second-order valence-corrected chi connectivity index (χ2v) is 5.15. The van der Waals surface area contributed by atoms with Crippen LogP contribution in [0.3, 0.4) is 0 Å². The van der Waals surface area contributed by atoms with Gasteiger partial charge in [-0.3, -0.25) is 14.9 Å². The van der Waals surface area contributed by atoms with Crippen molar-refractivity contribution in [2.24, 2.45) is 0 Å². The molecule has 1 aromatic carbocycles. The van der Waals surface area contributed by atoms with Crippen LogP contribution in [-0.4, -0.2) is 33.5 Å². The molecule has 0 unspecified atom stereocenters. The number of carbonyl (C=O) groups is 1. The lowest BCUT2D eigenvalue weighted by Gasteiger charge is -2.20. The van der Waals surface area contributed by atoms with Gasteiger partial charge < -0.3 is 15.4 Å². The van der Waals surface area contributed by atoms with Crippen molar-refractivity contribution in [3.8, 4) is 0 Å². The summed E-state index contributed by atoms with van der Waals surface area (Å²) < 4.78 is 0. The molecule has 0 aliphatic heterocycles. The molecule has 1 rings (SSSR count). The molecule has 19 heavy (non-hydrogen) atoms.